The van der Waals surface area contributed by atoms with Gasteiger partial charge in [0, 0.05) is 12.7 Å². The van der Waals surface area contributed by atoms with Gasteiger partial charge in [0.2, 0.25) is 0 Å². The molecule has 2 aromatic rings. The number of hydrogen-bond donors (Lipinski definition) is 3. The Kier molecular flexibility index (Phi) is 6.21. The molecule has 0 saturated carbocycles. The van der Waals surface area contributed by atoms with Gasteiger partial charge in [-0.05, 0) is 29.8 Å². The minimum atomic E-state index is -0.555. The summed E-state index contributed by atoms with van der Waals surface area (Å²) in [6.45, 7) is 0.395. The summed E-state index contributed by atoms with van der Waals surface area (Å²) in [6.07, 6.45) is 2.29. The summed E-state index contributed by atoms with van der Waals surface area (Å²) in [5, 5.41) is 14.2. The average Bonchev–Trinajstić information content (AvgIpc) is 2.59. The monoisotopic (exact) mass is 349 g/mol. The first kappa shape index (κ1) is 17.4. The van der Waals surface area contributed by atoms with Crippen LogP contribution in [0.1, 0.15) is 5.56 Å². The second kappa shape index (κ2) is 8.59. The number of benzene rings is 1. The molecule has 1 aromatic heterocycles. The molecule has 0 spiro atoms. The van der Waals surface area contributed by atoms with Crippen LogP contribution < -0.4 is 20.9 Å². The van der Waals surface area contributed by atoms with Gasteiger partial charge in [0.05, 0.1) is 17.1 Å². The fourth-order valence-electron chi connectivity index (χ4n) is 1.75. The van der Waals surface area contributed by atoms with E-state index in [0.717, 1.165) is 17.5 Å². The van der Waals surface area contributed by atoms with Crippen LogP contribution in [0.2, 0.25) is 5.02 Å². The molecular weight excluding hydrogens is 334 g/mol. The predicted molar refractivity (Wildman–Crippen MR) is 90.9 cm³/mol. The lowest BCUT2D eigenvalue weighted by molar-refractivity contribution is -0.404. The number of aromatic nitrogens is 1. The Morgan fingerprint density at radius 3 is 2.67 bits per heavy atom. The molecule has 0 bridgehead atoms. The topological polar surface area (TPSA) is 101 Å². The Balaban J connectivity index is 1.94. The summed E-state index contributed by atoms with van der Waals surface area (Å²) < 4.78 is 5.08. The quantitative estimate of drug-likeness (QED) is 0.497. The van der Waals surface area contributed by atoms with Crippen molar-refractivity contribution in [3.05, 3.63) is 75.3 Å². The number of hydrogen-bond acceptors (Lipinski definition) is 7. The molecule has 0 unspecified atom stereocenters. The van der Waals surface area contributed by atoms with Gasteiger partial charge in [-0.15, -0.1) is 0 Å². The fourth-order valence-corrected chi connectivity index (χ4v) is 1.86. The molecule has 0 fully saturated rings. The highest BCUT2D eigenvalue weighted by atomic mass is 35.5. The Morgan fingerprint density at radius 2 is 2.08 bits per heavy atom. The highest BCUT2D eigenvalue weighted by Crippen LogP contribution is 2.11. The first-order chi connectivity index (χ1) is 11.6. The lowest BCUT2D eigenvalue weighted by atomic mass is 10.2. The highest BCUT2D eigenvalue weighted by molar-refractivity contribution is 6.30. The van der Waals surface area contributed by atoms with E-state index in [2.05, 4.69) is 21.2 Å². The number of nitrogens with zero attached hydrogens (tertiary/aromatic N) is 2. The summed E-state index contributed by atoms with van der Waals surface area (Å²) >= 11 is 5.75. The van der Waals surface area contributed by atoms with E-state index >= 15 is 0 Å². The summed E-state index contributed by atoms with van der Waals surface area (Å²) in [5.41, 5.74) is 6.41. The molecule has 0 saturated heterocycles. The van der Waals surface area contributed by atoms with Crippen molar-refractivity contribution in [1.82, 2.24) is 15.7 Å². The van der Waals surface area contributed by atoms with Crippen molar-refractivity contribution in [2.24, 2.45) is 0 Å². The molecule has 1 aromatic carbocycles. The van der Waals surface area contributed by atoms with E-state index in [1.165, 1.54) is 6.20 Å². The van der Waals surface area contributed by atoms with Crippen LogP contribution >= 0.6 is 11.6 Å². The average molecular weight is 350 g/mol. The number of pyridine rings is 1. The van der Waals surface area contributed by atoms with Gasteiger partial charge in [0.25, 0.3) is 6.20 Å². The zero-order valence-corrected chi connectivity index (χ0v) is 13.6. The SMILES string of the molecule is COc1ccc(CN/C(=C/[N+](=O)[O-])NNc2ccc(Cl)cn2)cc1. The van der Waals surface area contributed by atoms with Crippen molar-refractivity contribution in [2.75, 3.05) is 12.5 Å². The molecule has 0 radical (unpaired) electrons. The number of methoxy groups -OCH3 is 1. The lowest BCUT2D eigenvalue weighted by Gasteiger charge is -2.13. The summed E-state index contributed by atoms with van der Waals surface area (Å²) in [6, 6.07) is 10.7. The van der Waals surface area contributed by atoms with Crippen molar-refractivity contribution in [1.29, 1.82) is 0 Å². The van der Waals surface area contributed by atoms with Crippen molar-refractivity contribution in [3.63, 3.8) is 0 Å². The highest BCUT2D eigenvalue weighted by Gasteiger charge is 2.04. The predicted octanol–water partition coefficient (Wildman–Crippen LogP) is 2.53. The van der Waals surface area contributed by atoms with Crippen molar-refractivity contribution in [2.45, 2.75) is 6.54 Å². The van der Waals surface area contributed by atoms with Crippen LogP contribution in [0, 0.1) is 10.1 Å². The van der Waals surface area contributed by atoms with Crippen LogP contribution in [0.3, 0.4) is 0 Å². The standard InChI is InChI=1S/C15H16ClN5O3/c1-24-13-5-2-11(3-6-13)8-17-15(10-21(22)23)20-19-14-7-4-12(16)9-18-14/h2-7,9-10,17,20H,8H2,1H3,(H,18,19)/b15-10-. The van der Waals surface area contributed by atoms with Crippen LogP contribution in [0.5, 0.6) is 5.75 Å². The zero-order chi connectivity index (χ0) is 17.4. The van der Waals surface area contributed by atoms with Gasteiger partial charge in [-0.25, -0.2) is 4.98 Å². The van der Waals surface area contributed by atoms with Crippen LogP contribution in [-0.2, 0) is 6.54 Å². The maximum atomic E-state index is 10.7. The van der Waals surface area contributed by atoms with Crippen LogP contribution in [0.25, 0.3) is 0 Å². The maximum Gasteiger partial charge on any atom is 0.275 e. The van der Waals surface area contributed by atoms with Gasteiger partial charge in [0.15, 0.2) is 5.82 Å². The summed E-state index contributed by atoms with van der Waals surface area (Å²) in [7, 11) is 1.59. The molecule has 0 atom stereocenters. The van der Waals surface area contributed by atoms with E-state index in [-0.39, 0.29) is 5.82 Å². The number of rotatable bonds is 8. The van der Waals surface area contributed by atoms with E-state index < -0.39 is 4.92 Å². The third-order valence-corrected chi connectivity index (χ3v) is 3.15. The fraction of sp³-hybridized carbons (Fsp3) is 0.133. The van der Waals surface area contributed by atoms with Crippen LogP contribution in [0.15, 0.2) is 54.6 Å². The Bertz CT molecular complexity index is 704. The smallest absolute Gasteiger partial charge is 0.275 e. The zero-order valence-electron chi connectivity index (χ0n) is 12.8. The number of ether oxygens (including phenoxy) is 1. The lowest BCUT2D eigenvalue weighted by Crippen LogP contribution is -2.31. The Hall–Kier alpha value is -3.00. The minimum absolute atomic E-state index is 0.188. The molecule has 3 N–H and O–H groups in total. The number of hydrazine groups is 1. The van der Waals surface area contributed by atoms with Crippen molar-refractivity contribution in [3.8, 4) is 5.75 Å². The van der Waals surface area contributed by atoms with Crippen LogP contribution in [-0.4, -0.2) is 17.0 Å². The number of halogens is 1. The number of nitro groups is 1. The maximum absolute atomic E-state index is 10.7. The first-order valence-corrected chi connectivity index (χ1v) is 7.30. The number of anilines is 1. The van der Waals surface area contributed by atoms with Gasteiger partial charge in [-0.1, -0.05) is 23.7 Å². The second-order valence-corrected chi connectivity index (χ2v) is 5.08. The Morgan fingerprint density at radius 1 is 1.33 bits per heavy atom. The molecule has 2 rings (SSSR count). The molecule has 8 nitrogen and oxygen atoms in total. The molecule has 0 amide bonds. The Labute approximate surface area is 143 Å². The van der Waals surface area contributed by atoms with Crippen LogP contribution in [0.4, 0.5) is 5.82 Å². The van der Waals surface area contributed by atoms with E-state index in [1.807, 2.05) is 24.3 Å². The van der Waals surface area contributed by atoms with E-state index in [4.69, 9.17) is 16.3 Å². The van der Waals surface area contributed by atoms with E-state index in [9.17, 15) is 10.1 Å². The van der Waals surface area contributed by atoms with E-state index in [0.29, 0.717) is 17.4 Å². The van der Waals surface area contributed by atoms with Gasteiger partial charge in [0.1, 0.15) is 11.6 Å². The third kappa shape index (κ3) is 5.65. The van der Waals surface area contributed by atoms with Gasteiger partial charge < -0.3 is 10.1 Å². The second-order valence-electron chi connectivity index (χ2n) is 4.64. The largest absolute Gasteiger partial charge is 0.497 e. The molecule has 0 aliphatic rings. The summed E-state index contributed by atoms with van der Waals surface area (Å²) in [5.74, 6) is 1.40. The van der Waals surface area contributed by atoms with Gasteiger partial charge in [-0.3, -0.25) is 21.0 Å². The summed E-state index contributed by atoms with van der Waals surface area (Å²) in [4.78, 5) is 14.2. The number of nitrogens with one attached hydrogen (secondary N) is 3. The van der Waals surface area contributed by atoms with Gasteiger partial charge >= 0.3 is 0 Å². The van der Waals surface area contributed by atoms with Gasteiger partial charge in [-0.2, -0.15) is 0 Å². The van der Waals surface area contributed by atoms with E-state index in [1.54, 1.807) is 19.2 Å². The minimum Gasteiger partial charge on any atom is -0.497 e. The normalized spacial score (nSPS) is 10.8. The molecule has 1 heterocycles. The molecule has 24 heavy (non-hydrogen) atoms. The molecule has 9 heteroatoms. The molecule has 0 aliphatic carbocycles. The molecule has 0 aliphatic heterocycles. The van der Waals surface area contributed by atoms with Crippen molar-refractivity contribution < 1.29 is 9.66 Å². The first-order valence-electron chi connectivity index (χ1n) is 6.92. The molecule has 126 valence electrons. The third-order valence-electron chi connectivity index (χ3n) is 2.93. The molecular formula is C15H16ClN5O3. The van der Waals surface area contributed by atoms with Crippen molar-refractivity contribution >= 4 is 17.4 Å².